The monoisotopic (exact) mass is 704 g/mol. The number of thiol groups is 1. The van der Waals surface area contributed by atoms with E-state index in [9.17, 15) is 26.4 Å². The van der Waals surface area contributed by atoms with E-state index < -0.39 is 49.4 Å². The van der Waals surface area contributed by atoms with E-state index in [2.05, 4.69) is 17.9 Å². The number of nitrogens with zero attached hydrogens (tertiary/aromatic N) is 1. The first-order valence-electron chi connectivity index (χ1n) is 15.0. The van der Waals surface area contributed by atoms with Crippen LogP contribution < -0.4 is 9.50 Å². The Labute approximate surface area is 284 Å². The maximum Gasteiger partial charge on any atom is 0.339 e. The maximum atomic E-state index is 13.9. The quantitative estimate of drug-likeness (QED) is 0.121. The van der Waals surface area contributed by atoms with Gasteiger partial charge in [-0.1, -0.05) is 84.9 Å². The molecular formula is C35H32N2O8S3. The minimum Gasteiger partial charge on any atom is -0.467 e. The Bertz CT molecular complexity index is 2210. The number of ether oxygens (including phenoxy) is 1. The summed E-state index contributed by atoms with van der Waals surface area (Å²) in [7, 11) is -7.10. The molecule has 0 aromatic heterocycles. The minimum atomic E-state index is -4.16. The summed E-state index contributed by atoms with van der Waals surface area (Å²) in [5, 5.41) is 4.84. The van der Waals surface area contributed by atoms with Gasteiger partial charge in [0, 0.05) is 29.0 Å². The highest BCUT2D eigenvalue weighted by Gasteiger charge is 2.44. The van der Waals surface area contributed by atoms with Gasteiger partial charge in [0.1, 0.15) is 22.7 Å². The highest BCUT2D eigenvalue weighted by atomic mass is 32.2. The lowest BCUT2D eigenvalue weighted by Gasteiger charge is -2.26. The van der Waals surface area contributed by atoms with Gasteiger partial charge in [-0.25, -0.2) is 13.2 Å². The van der Waals surface area contributed by atoms with E-state index in [4.69, 9.17) is 8.92 Å². The van der Waals surface area contributed by atoms with Gasteiger partial charge < -0.3 is 14.2 Å². The highest BCUT2D eigenvalue weighted by molar-refractivity contribution is 7.89. The fourth-order valence-corrected chi connectivity index (χ4v) is 9.44. The molecule has 1 heterocycles. The van der Waals surface area contributed by atoms with Crippen LogP contribution in [0.5, 0.6) is 5.75 Å². The van der Waals surface area contributed by atoms with Crippen LogP contribution in [0.2, 0.25) is 0 Å². The van der Waals surface area contributed by atoms with Gasteiger partial charge in [0.05, 0.1) is 12.0 Å². The molecule has 1 aliphatic rings. The lowest BCUT2D eigenvalue weighted by atomic mass is 10.0. The van der Waals surface area contributed by atoms with Crippen LogP contribution in [0.1, 0.15) is 12.0 Å². The zero-order valence-electron chi connectivity index (χ0n) is 25.7. The van der Waals surface area contributed by atoms with E-state index in [0.29, 0.717) is 16.3 Å². The molecular weight excluding hydrogens is 673 g/mol. The average molecular weight is 705 g/mol. The summed E-state index contributed by atoms with van der Waals surface area (Å²) in [5.74, 6) is -1.33. The smallest absolute Gasteiger partial charge is 0.339 e. The number of hydrogen-bond acceptors (Lipinski definition) is 9. The molecule has 48 heavy (non-hydrogen) atoms. The van der Waals surface area contributed by atoms with Crippen molar-refractivity contribution in [2.45, 2.75) is 40.0 Å². The molecule has 1 saturated heterocycles. The second kappa shape index (κ2) is 13.6. The Morgan fingerprint density at radius 3 is 2.00 bits per heavy atom. The van der Waals surface area contributed by atoms with E-state index in [1.54, 1.807) is 48.5 Å². The van der Waals surface area contributed by atoms with Gasteiger partial charge in [-0.05, 0) is 47.0 Å². The summed E-state index contributed by atoms with van der Waals surface area (Å²) in [6.45, 7) is 0.0127. The summed E-state index contributed by atoms with van der Waals surface area (Å²) in [6.07, 6.45) is 0.131. The molecule has 1 aliphatic heterocycles. The molecule has 13 heteroatoms. The fourth-order valence-electron chi connectivity index (χ4n) is 5.94. The van der Waals surface area contributed by atoms with E-state index in [0.717, 1.165) is 15.1 Å². The number of fused-ring (bicyclic) bond motifs is 2. The van der Waals surface area contributed by atoms with Gasteiger partial charge in [0.2, 0.25) is 15.9 Å². The van der Waals surface area contributed by atoms with Gasteiger partial charge in [-0.3, -0.25) is 4.79 Å². The lowest BCUT2D eigenvalue weighted by Crippen LogP contribution is -2.51. The first kappa shape index (κ1) is 33.5. The molecule has 0 radical (unpaired) electrons. The predicted octanol–water partition coefficient (Wildman–Crippen LogP) is 4.72. The van der Waals surface area contributed by atoms with Crippen molar-refractivity contribution in [3.8, 4) is 5.75 Å². The van der Waals surface area contributed by atoms with Crippen molar-refractivity contribution in [3.05, 3.63) is 115 Å². The zero-order valence-corrected chi connectivity index (χ0v) is 28.3. The van der Waals surface area contributed by atoms with Gasteiger partial charge in [-0.2, -0.15) is 25.4 Å². The van der Waals surface area contributed by atoms with Crippen molar-refractivity contribution in [1.82, 2.24) is 9.62 Å². The number of sulfonamides is 1. The number of rotatable bonds is 10. The third-order valence-corrected chi connectivity index (χ3v) is 11.9. The van der Waals surface area contributed by atoms with E-state index >= 15 is 0 Å². The Hall–Kier alpha value is -4.43. The molecule has 0 spiro atoms. The van der Waals surface area contributed by atoms with Crippen LogP contribution in [0.3, 0.4) is 0 Å². The minimum absolute atomic E-state index is 0.0120. The summed E-state index contributed by atoms with van der Waals surface area (Å²) in [4.78, 5) is 26.6. The standard InChI is InChI=1S/C35H32N2O8S3/c1-44-35(39)30(20-23-16-18-26(19-17-23)45-48(42,43)33-15-7-11-25-9-3-5-13-29(25)33)36-34(38)31-21-27(46)22-37(31)47(40,41)32-14-6-10-24-8-2-4-12-28(24)32/h2-19,27,30-31,46H,20-22H2,1H3,(H,36,38)/t27-,30-,31-/m0/s1. The average Bonchev–Trinajstić information content (AvgIpc) is 3.50. The number of carbonyl (C=O) groups is 2. The zero-order chi connectivity index (χ0) is 34.1. The molecule has 0 unspecified atom stereocenters. The molecule has 0 aliphatic carbocycles. The maximum absolute atomic E-state index is 13.9. The molecule has 0 bridgehead atoms. The summed E-state index contributed by atoms with van der Waals surface area (Å²) >= 11 is 4.50. The topological polar surface area (TPSA) is 136 Å². The SMILES string of the molecule is COC(=O)[C@H](Cc1ccc(OS(=O)(=O)c2cccc3ccccc23)cc1)NC(=O)[C@@H]1C[C@H](S)CN1S(=O)(=O)c1cccc2ccccc12. The Morgan fingerprint density at radius 1 is 0.812 bits per heavy atom. The van der Waals surface area contributed by atoms with Gasteiger partial charge in [-0.15, -0.1) is 0 Å². The molecule has 0 saturated carbocycles. The summed E-state index contributed by atoms with van der Waals surface area (Å²) in [6, 6.07) is 27.9. The molecule has 6 rings (SSSR count). The Morgan fingerprint density at radius 2 is 1.38 bits per heavy atom. The normalized spacial score (nSPS) is 17.6. The van der Waals surface area contributed by atoms with Crippen molar-refractivity contribution in [2.24, 2.45) is 0 Å². The van der Waals surface area contributed by atoms with Gasteiger partial charge in [0.25, 0.3) is 0 Å². The van der Waals surface area contributed by atoms with Crippen LogP contribution in [0, 0.1) is 0 Å². The van der Waals surface area contributed by atoms with E-state index in [1.807, 2.05) is 36.4 Å². The van der Waals surface area contributed by atoms with Crippen LogP contribution in [-0.4, -0.2) is 64.0 Å². The highest BCUT2D eigenvalue weighted by Crippen LogP contribution is 2.33. The van der Waals surface area contributed by atoms with Crippen molar-refractivity contribution in [1.29, 1.82) is 0 Å². The van der Waals surface area contributed by atoms with Crippen molar-refractivity contribution in [2.75, 3.05) is 13.7 Å². The third kappa shape index (κ3) is 6.76. The van der Waals surface area contributed by atoms with Crippen molar-refractivity contribution < 1.29 is 35.3 Å². The number of amides is 1. The van der Waals surface area contributed by atoms with Crippen LogP contribution in [0.25, 0.3) is 21.5 Å². The second-order valence-corrected chi connectivity index (χ2v) is 15.5. The number of carbonyl (C=O) groups excluding carboxylic acids is 2. The molecule has 10 nitrogen and oxygen atoms in total. The number of hydrogen-bond donors (Lipinski definition) is 2. The molecule has 1 amide bonds. The number of benzene rings is 5. The van der Waals surface area contributed by atoms with Crippen LogP contribution in [0.4, 0.5) is 0 Å². The summed E-state index contributed by atoms with van der Waals surface area (Å²) in [5.41, 5.74) is 0.569. The predicted molar refractivity (Wildman–Crippen MR) is 185 cm³/mol. The van der Waals surface area contributed by atoms with Gasteiger partial charge in [0.15, 0.2) is 0 Å². The van der Waals surface area contributed by atoms with Crippen LogP contribution >= 0.6 is 12.6 Å². The lowest BCUT2D eigenvalue weighted by molar-refractivity contribution is -0.145. The van der Waals surface area contributed by atoms with E-state index in [-0.39, 0.29) is 34.9 Å². The summed E-state index contributed by atoms with van der Waals surface area (Å²) < 4.78 is 65.6. The molecule has 5 aromatic rings. The number of methoxy groups -OCH3 is 1. The first-order valence-corrected chi connectivity index (χ1v) is 18.4. The van der Waals surface area contributed by atoms with Crippen LogP contribution in [-0.2, 0) is 40.9 Å². The molecule has 1 N–H and O–H groups in total. The van der Waals surface area contributed by atoms with E-state index in [1.165, 1.54) is 31.4 Å². The fraction of sp³-hybridized carbons (Fsp3) is 0.200. The van der Waals surface area contributed by atoms with Crippen molar-refractivity contribution >= 4 is 66.2 Å². The largest absolute Gasteiger partial charge is 0.467 e. The molecule has 1 fully saturated rings. The van der Waals surface area contributed by atoms with Crippen molar-refractivity contribution in [3.63, 3.8) is 0 Å². The number of esters is 1. The Balaban J connectivity index is 1.19. The Kier molecular flexibility index (Phi) is 9.48. The molecule has 3 atom stereocenters. The van der Waals surface area contributed by atoms with Gasteiger partial charge >= 0.3 is 16.1 Å². The third-order valence-electron chi connectivity index (χ3n) is 8.26. The second-order valence-electron chi connectivity index (χ2n) is 11.4. The molecule has 248 valence electrons. The van der Waals surface area contributed by atoms with Crippen LogP contribution in [0.15, 0.2) is 119 Å². The number of nitrogens with one attached hydrogen (secondary N) is 1. The first-order chi connectivity index (χ1) is 23.0. The molecule has 5 aromatic carbocycles.